The first-order valence-electron chi connectivity index (χ1n) is 9.37. The molecule has 4 heteroatoms. The number of carbonyl (C=O) groups excluding carboxylic acids is 1. The molecular formula is C24H24ClNO2. The molecule has 0 spiro atoms. The molecule has 1 atom stereocenters. The molecule has 0 heterocycles. The largest absolute Gasteiger partial charge is 0.458 e. The van der Waals surface area contributed by atoms with Gasteiger partial charge in [0.2, 0.25) is 0 Å². The fraction of sp³-hybridized carbons (Fsp3) is 0.208. The van der Waals surface area contributed by atoms with Crippen molar-refractivity contribution >= 4 is 17.6 Å². The van der Waals surface area contributed by atoms with E-state index in [4.69, 9.17) is 16.3 Å². The Kier molecular flexibility index (Phi) is 7.24. The molecule has 0 aliphatic heterocycles. The number of nitrogens with zero attached hydrogens (tertiary/aromatic N) is 1. The van der Waals surface area contributed by atoms with Crippen LogP contribution in [0.2, 0.25) is 5.02 Å². The summed E-state index contributed by atoms with van der Waals surface area (Å²) < 4.78 is 5.66. The Balaban J connectivity index is 1.67. The Bertz CT molecular complexity index is 842. The summed E-state index contributed by atoms with van der Waals surface area (Å²) in [4.78, 5) is 14.7. The van der Waals surface area contributed by atoms with Gasteiger partial charge in [-0.3, -0.25) is 4.90 Å². The molecule has 0 saturated heterocycles. The van der Waals surface area contributed by atoms with Crippen molar-refractivity contribution in [3.05, 3.63) is 107 Å². The van der Waals surface area contributed by atoms with E-state index in [2.05, 4.69) is 29.2 Å². The zero-order valence-corrected chi connectivity index (χ0v) is 16.7. The molecule has 0 aromatic heterocycles. The van der Waals surface area contributed by atoms with E-state index in [1.54, 1.807) is 24.3 Å². The number of halogens is 1. The minimum atomic E-state index is -0.391. The van der Waals surface area contributed by atoms with Crippen LogP contribution in [0.4, 0.5) is 0 Å². The molecule has 0 N–H and O–H groups in total. The van der Waals surface area contributed by atoms with Crippen molar-refractivity contribution in [3.63, 3.8) is 0 Å². The van der Waals surface area contributed by atoms with Crippen LogP contribution in [-0.4, -0.2) is 23.5 Å². The van der Waals surface area contributed by atoms with Crippen molar-refractivity contribution in [3.8, 4) is 0 Å². The minimum Gasteiger partial charge on any atom is -0.458 e. The van der Waals surface area contributed by atoms with Crippen molar-refractivity contribution in [2.75, 3.05) is 6.54 Å². The molecule has 28 heavy (non-hydrogen) atoms. The molecule has 0 aliphatic rings. The van der Waals surface area contributed by atoms with Crippen LogP contribution in [0.15, 0.2) is 84.9 Å². The number of ether oxygens (including phenoxy) is 1. The zero-order valence-electron chi connectivity index (χ0n) is 15.9. The predicted octanol–water partition coefficient (Wildman–Crippen LogP) is 5.59. The topological polar surface area (TPSA) is 29.5 Å². The van der Waals surface area contributed by atoms with Crippen molar-refractivity contribution in [2.45, 2.75) is 26.1 Å². The van der Waals surface area contributed by atoms with Gasteiger partial charge in [-0.05, 0) is 30.2 Å². The van der Waals surface area contributed by atoms with Gasteiger partial charge in [-0.15, -0.1) is 0 Å². The SMILES string of the molecule is CC(CN(Cc1ccccc1)Cc1ccccc1)OC(=O)c1ccccc1Cl. The first kappa shape index (κ1) is 20.1. The van der Waals surface area contributed by atoms with Gasteiger partial charge >= 0.3 is 5.97 Å². The van der Waals surface area contributed by atoms with Crippen LogP contribution in [0.5, 0.6) is 0 Å². The van der Waals surface area contributed by atoms with E-state index in [-0.39, 0.29) is 6.10 Å². The molecule has 0 aliphatic carbocycles. The van der Waals surface area contributed by atoms with Gasteiger partial charge in [0.25, 0.3) is 0 Å². The van der Waals surface area contributed by atoms with Crippen molar-refractivity contribution in [2.24, 2.45) is 0 Å². The molecule has 0 bridgehead atoms. The lowest BCUT2D eigenvalue weighted by Crippen LogP contribution is -2.33. The maximum atomic E-state index is 12.4. The fourth-order valence-corrected chi connectivity index (χ4v) is 3.35. The van der Waals surface area contributed by atoms with Gasteiger partial charge in [0.05, 0.1) is 10.6 Å². The Hall–Kier alpha value is -2.62. The third kappa shape index (κ3) is 5.95. The lowest BCUT2D eigenvalue weighted by atomic mass is 10.1. The van der Waals surface area contributed by atoms with Crippen LogP contribution >= 0.6 is 11.6 Å². The van der Waals surface area contributed by atoms with Gasteiger partial charge in [0.15, 0.2) is 0 Å². The average Bonchev–Trinajstić information content (AvgIpc) is 2.69. The third-order valence-corrected chi connectivity index (χ3v) is 4.74. The quantitative estimate of drug-likeness (QED) is 0.467. The molecule has 3 aromatic carbocycles. The van der Waals surface area contributed by atoms with Gasteiger partial charge in [-0.2, -0.15) is 0 Å². The number of hydrogen-bond donors (Lipinski definition) is 0. The van der Waals surface area contributed by atoms with E-state index in [1.165, 1.54) is 11.1 Å². The van der Waals surface area contributed by atoms with E-state index >= 15 is 0 Å². The number of benzene rings is 3. The third-order valence-electron chi connectivity index (χ3n) is 4.42. The molecule has 0 saturated carbocycles. The summed E-state index contributed by atoms with van der Waals surface area (Å²) in [7, 11) is 0. The van der Waals surface area contributed by atoms with Crippen molar-refractivity contribution in [1.29, 1.82) is 0 Å². The number of rotatable bonds is 8. The fourth-order valence-electron chi connectivity index (χ4n) is 3.14. The first-order chi connectivity index (χ1) is 13.6. The summed E-state index contributed by atoms with van der Waals surface area (Å²) in [6.07, 6.45) is -0.267. The summed E-state index contributed by atoms with van der Waals surface area (Å²) in [6, 6.07) is 27.6. The van der Waals surface area contributed by atoms with E-state index in [1.807, 2.05) is 43.3 Å². The molecule has 3 aromatic rings. The second-order valence-electron chi connectivity index (χ2n) is 6.84. The predicted molar refractivity (Wildman–Crippen MR) is 113 cm³/mol. The molecule has 0 fully saturated rings. The molecule has 3 rings (SSSR count). The summed E-state index contributed by atoms with van der Waals surface area (Å²) >= 11 is 6.11. The molecule has 1 unspecified atom stereocenters. The Morgan fingerprint density at radius 3 is 1.89 bits per heavy atom. The molecule has 3 nitrogen and oxygen atoms in total. The maximum Gasteiger partial charge on any atom is 0.339 e. The number of hydrogen-bond acceptors (Lipinski definition) is 3. The molecule has 0 radical (unpaired) electrons. The highest BCUT2D eigenvalue weighted by Gasteiger charge is 2.18. The second-order valence-corrected chi connectivity index (χ2v) is 7.24. The van der Waals surface area contributed by atoms with E-state index in [0.29, 0.717) is 17.1 Å². The Labute approximate surface area is 171 Å². The molecule has 144 valence electrons. The van der Waals surface area contributed by atoms with Gasteiger partial charge in [0, 0.05) is 19.6 Å². The smallest absolute Gasteiger partial charge is 0.339 e. The molecule has 0 amide bonds. The average molecular weight is 394 g/mol. The van der Waals surface area contributed by atoms with E-state index < -0.39 is 5.97 Å². The summed E-state index contributed by atoms with van der Waals surface area (Å²) in [6.45, 7) is 4.10. The minimum absolute atomic E-state index is 0.267. The normalized spacial score (nSPS) is 12.0. The van der Waals surface area contributed by atoms with Crippen LogP contribution < -0.4 is 0 Å². The van der Waals surface area contributed by atoms with Crippen LogP contribution in [-0.2, 0) is 17.8 Å². The van der Waals surface area contributed by atoms with E-state index in [9.17, 15) is 4.79 Å². The second kappa shape index (κ2) is 10.1. The van der Waals surface area contributed by atoms with Crippen LogP contribution in [0.1, 0.15) is 28.4 Å². The highest BCUT2D eigenvalue weighted by molar-refractivity contribution is 6.33. The van der Waals surface area contributed by atoms with Gasteiger partial charge in [0.1, 0.15) is 6.10 Å². The highest BCUT2D eigenvalue weighted by atomic mass is 35.5. The molecular weight excluding hydrogens is 370 g/mol. The first-order valence-corrected chi connectivity index (χ1v) is 9.75. The number of carbonyl (C=O) groups is 1. The summed E-state index contributed by atoms with van der Waals surface area (Å²) in [5, 5.41) is 0.408. The van der Waals surface area contributed by atoms with Gasteiger partial charge in [-0.1, -0.05) is 84.4 Å². The van der Waals surface area contributed by atoms with Gasteiger partial charge < -0.3 is 4.74 Å². The standard InChI is InChI=1S/C24H24ClNO2/c1-19(28-24(27)22-14-8-9-15-23(22)25)16-26(17-20-10-4-2-5-11-20)18-21-12-6-3-7-13-21/h2-15,19H,16-18H2,1H3. The summed E-state index contributed by atoms with van der Waals surface area (Å²) in [5.41, 5.74) is 2.85. The summed E-state index contributed by atoms with van der Waals surface area (Å²) in [5.74, 6) is -0.391. The van der Waals surface area contributed by atoms with Crippen molar-refractivity contribution in [1.82, 2.24) is 4.90 Å². The maximum absolute atomic E-state index is 12.4. The lowest BCUT2D eigenvalue weighted by molar-refractivity contribution is 0.0237. The number of esters is 1. The van der Waals surface area contributed by atoms with Crippen LogP contribution in [0, 0.1) is 0 Å². The van der Waals surface area contributed by atoms with Crippen LogP contribution in [0.3, 0.4) is 0 Å². The van der Waals surface area contributed by atoms with Gasteiger partial charge in [-0.25, -0.2) is 4.79 Å². The Morgan fingerprint density at radius 1 is 0.857 bits per heavy atom. The van der Waals surface area contributed by atoms with Crippen molar-refractivity contribution < 1.29 is 9.53 Å². The zero-order chi connectivity index (χ0) is 19.8. The van der Waals surface area contributed by atoms with Crippen LogP contribution in [0.25, 0.3) is 0 Å². The van der Waals surface area contributed by atoms with E-state index in [0.717, 1.165) is 13.1 Å². The highest BCUT2D eigenvalue weighted by Crippen LogP contribution is 2.17. The lowest BCUT2D eigenvalue weighted by Gasteiger charge is -2.26. The Morgan fingerprint density at radius 2 is 1.36 bits per heavy atom. The monoisotopic (exact) mass is 393 g/mol.